The van der Waals surface area contributed by atoms with Crippen molar-refractivity contribution in [1.82, 2.24) is 5.32 Å². The number of carbonyl (C=O) groups is 5. The molecule has 5 aromatic rings. The molecule has 0 spiro atoms. The van der Waals surface area contributed by atoms with Crippen molar-refractivity contribution in [3.05, 3.63) is 146 Å². The van der Waals surface area contributed by atoms with Gasteiger partial charge in [0.2, 0.25) is 5.91 Å². The number of methoxy groups -OCH3 is 1. The van der Waals surface area contributed by atoms with Crippen LogP contribution in [0.25, 0.3) is 6.08 Å². The Morgan fingerprint density at radius 1 is 0.788 bits per heavy atom. The van der Waals surface area contributed by atoms with Crippen LogP contribution in [0.1, 0.15) is 48.4 Å². The van der Waals surface area contributed by atoms with Crippen LogP contribution in [0.2, 0.25) is 0 Å². The van der Waals surface area contributed by atoms with E-state index in [0.29, 0.717) is 33.0 Å². The van der Waals surface area contributed by atoms with Crippen molar-refractivity contribution in [2.45, 2.75) is 24.0 Å². The van der Waals surface area contributed by atoms with Crippen molar-refractivity contribution in [2.75, 3.05) is 23.1 Å². The molecule has 0 fully saturated rings. The number of hydrogen-bond acceptors (Lipinski definition) is 8. The maximum atomic E-state index is 13.6. The first kappa shape index (κ1) is 37.7. The molecule has 0 aliphatic rings. The molecule has 0 saturated heterocycles. The zero-order chi connectivity index (χ0) is 37.2. The molecular weight excluding hydrogens is 764 g/mol. The monoisotopic (exact) mass is 796 g/mol. The van der Waals surface area contributed by atoms with Crippen LogP contribution in [0.3, 0.4) is 0 Å². The number of nitrogens with one attached hydrogen (secondary N) is 4. The lowest BCUT2D eigenvalue weighted by atomic mass is 10.1. The highest BCUT2D eigenvalue weighted by atomic mass is 79.9. The Bertz CT molecular complexity index is 2150. The second-order valence-corrected chi connectivity index (χ2v) is 14.6. The largest absolute Gasteiger partial charge is 0.465 e. The molecule has 13 heteroatoms. The van der Waals surface area contributed by atoms with Gasteiger partial charge in [-0.05, 0) is 85.6 Å². The third kappa shape index (κ3) is 9.84. The lowest BCUT2D eigenvalue weighted by Gasteiger charge is -2.14. The summed E-state index contributed by atoms with van der Waals surface area (Å²) in [6.07, 6.45) is 1.58. The zero-order valence-electron chi connectivity index (χ0n) is 28.2. The fourth-order valence-corrected chi connectivity index (χ4v) is 7.33. The predicted octanol–water partition coefficient (Wildman–Crippen LogP) is 8.39. The third-order valence-electron chi connectivity index (χ3n) is 7.47. The van der Waals surface area contributed by atoms with E-state index in [1.807, 2.05) is 30.3 Å². The topological polar surface area (TPSA) is 143 Å². The summed E-state index contributed by atoms with van der Waals surface area (Å²) in [4.78, 5) is 66.8. The van der Waals surface area contributed by atoms with Crippen LogP contribution >= 0.6 is 39.0 Å². The number of halogens is 1. The number of ether oxygens (including phenoxy) is 1. The van der Waals surface area contributed by atoms with Gasteiger partial charge < -0.3 is 26.0 Å². The van der Waals surface area contributed by atoms with Gasteiger partial charge in [-0.15, -0.1) is 23.1 Å². The molecule has 5 rings (SSSR count). The van der Waals surface area contributed by atoms with E-state index in [9.17, 15) is 24.0 Å². The summed E-state index contributed by atoms with van der Waals surface area (Å²) in [7, 11) is 1.23. The van der Waals surface area contributed by atoms with E-state index in [2.05, 4.69) is 37.2 Å². The van der Waals surface area contributed by atoms with Crippen molar-refractivity contribution in [2.24, 2.45) is 0 Å². The Balaban J connectivity index is 1.30. The number of benzene rings is 4. The number of amides is 4. The molecule has 4 aromatic carbocycles. The van der Waals surface area contributed by atoms with Gasteiger partial charge in [0.25, 0.3) is 17.7 Å². The molecule has 1 atom stereocenters. The molecule has 0 aliphatic heterocycles. The number of anilines is 3. The van der Waals surface area contributed by atoms with Crippen LogP contribution in [0.15, 0.2) is 124 Å². The van der Waals surface area contributed by atoms with Gasteiger partial charge in [0.05, 0.1) is 22.8 Å². The Morgan fingerprint density at radius 3 is 2.15 bits per heavy atom. The third-order valence-corrected chi connectivity index (χ3v) is 10.3. The number of carbonyl (C=O) groups excluding carboxylic acids is 5. The molecule has 4 N–H and O–H groups in total. The highest BCUT2D eigenvalue weighted by molar-refractivity contribution is 9.10. The van der Waals surface area contributed by atoms with Crippen molar-refractivity contribution >= 4 is 91.1 Å². The molecule has 4 amide bonds. The van der Waals surface area contributed by atoms with Crippen LogP contribution in [0, 0.1) is 6.92 Å². The number of thiophene rings is 1. The highest BCUT2D eigenvalue weighted by Gasteiger charge is 2.28. The Labute approximate surface area is 317 Å². The van der Waals surface area contributed by atoms with E-state index < -0.39 is 34.8 Å². The number of para-hydroxylation sites is 1. The molecule has 1 aromatic heterocycles. The molecule has 0 saturated carbocycles. The molecule has 52 heavy (non-hydrogen) atoms. The Hall–Kier alpha value is -5.50. The molecule has 0 aliphatic carbocycles. The maximum Gasteiger partial charge on any atom is 0.341 e. The summed E-state index contributed by atoms with van der Waals surface area (Å²) >= 11 is 5.65. The second-order valence-electron chi connectivity index (χ2n) is 11.2. The van der Waals surface area contributed by atoms with Gasteiger partial charge in [-0.25, -0.2) is 4.79 Å². The first-order chi connectivity index (χ1) is 25.0. The number of thioether (sulfide) groups is 1. The SMILES string of the molecule is COC(=O)c1c(NC(=O)C(C)Sc2cccc(NC(=O)/C(=C\c3cccc(Br)c3)NC(=O)c3ccccc3)c2)sc(C(=O)Nc2ccccc2)c1C. The first-order valence-corrected chi connectivity index (χ1v) is 18.3. The van der Waals surface area contributed by atoms with Crippen LogP contribution in [-0.4, -0.2) is 42.0 Å². The Morgan fingerprint density at radius 2 is 1.46 bits per heavy atom. The molecule has 1 unspecified atom stereocenters. The summed E-state index contributed by atoms with van der Waals surface area (Å²) in [5.74, 6) is -2.51. The standard InChI is InChI=1S/C39H33BrN4O6S2/c1-23-32(39(49)50-3)38(52-33(23)37(48)41-28-16-8-5-9-17-28)44-34(45)24(2)51-30-19-11-18-29(22-30)42-36(47)31(21-25-12-10-15-27(40)20-25)43-35(46)26-13-6-4-7-14-26/h4-22,24H,1-3H3,(H,41,48)(H,42,47)(H,43,46)(H,44,45)/b31-21+. The summed E-state index contributed by atoms with van der Waals surface area (Å²) in [6, 6.07) is 31.7. The quantitative estimate of drug-likeness (QED) is 0.0565. The lowest BCUT2D eigenvalue weighted by Crippen LogP contribution is -2.30. The molecular formula is C39H33BrN4O6S2. The summed E-state index contributed by atoms with van der Waals surface area (Å²) in [5, 5.41) is 10.7. The van der Waals surface area contributed by atoms with Crippen LogP contribution in [0.5, 0.6) is 0 Å². The fraction of sp³-hybridized carbons (Fsp3) is 0.103. The zero-order valence-corrected chi connectivity index (χ0v) is 31.4. The minimum absolute atomic E-state index is 0.0298. The first-order valence-electron chi connectivity index (χ1n) is 15.8. The molecule has 0 radical (unpaired) electrons. The van der Waals surface area contributed by atoms with Crippen LogP contribution < -0.4 is 21.3 Å². The summed E-state index contributed by atoms with van der Waals surface area (Å²) in [5.41, 5.74) is 2.63. The normalized spacial score (nSPS) is 11.6. The summed E-state index contributed by atoms with van der Waals surface area (Å²) < 4.78 is 5.77. The van der Waals surface area contributed by atoms with Crippen molar-refractivity contribution in [3.8, 4) is 0 Å². The van der Waals surface area contributed by atoms with E-state index in [0.717, 1.165) is 15.8 Å². The van der Waals surface area contributed by atoms with E-state index in [-0.39, 0.29) is 21.1 Å². The van der Waals surface area contributed by atoms with Gasteiger partial charge in [0.1, 0.15) is 10.7 Å². The van der Waals surface area contributed by atoms with E-state index in [4.69, 9.17) is 4.74 Å². The van der Waals surface area contributed by atoms with Crippen LogP contribution in [-0.2, 0) is 14.3 Å². The van der Waals surface area contributed by atoms with Crippen molar-refractivity contribution < 1.29 is 28.7 Å². The van der Waals surface area contributed by atoms with Gasteiger partial charge in [-0.3, -0.25) is 19.2 Å². The van der Waals surface area contributed by atoms with Crippen molar-refractivity contribution in [1.29, 1.82) is 0 Å². The number of esters is 1. The smallest absolute Gasteiger partial charge is 0.341 e. The van der Waals surface area contributed by atoms with Gasteiger partial charge in [-0.1, -0.05) is 70.5 Å². The maximum absolute atomic E-state index is 13.6. The minimum atomic E-state index is -0.681. The van der Waals surface area contributed by atoms with Gasteiger partial charge >= 0.3 is 5.97 Å². The second kappa shape index (κ2) is 17.6. The van der Waals surface area contributed by atoms with Gasteiger partial charge in [-0.2, -0.15) is 0 Å². The molecule has 1 heterocycles. The average Bonchev–Trinajstić information content (AvgIpc) is 3.46. The highest BCUT2D eigenvalue weighted by Crippen LogP contribution is 2.35. The molecule has 264 valence electrons. The average molecular weight is 798 g/mol. The van der Waals surface area contributed by atoms with Gasteiger partial charge in [0.15, 0.2) is 0 Å². The number of rotatable bonds is 12. The van der Waals surface area contributed by atoms with E-state index in [1.54, 1.807) is 98.8 Å². The Kier molecular flexibility index (Phi) is 12.8. The summed E-state index contributed by atoms with van der Waals surface area (Å²) in [6.45, 7) is 3.33. The molecule has 10 nitrogen and oxygen atoms in total. The van der Waals surface area contributed by atoms with E-state index in [1.165, 1.54) is 18.9 Å². The number of hydrogen-bond donors (Lipinski definition) is 4. The molecule has 0 bridgehead atoms. The lowest BCUT2D eigenvalue weighted by molar-refractivity contribution is -0.115. The predicted molar refractivity (Wildman–Crippen MR) is 210 cm³/mol. The van der Waals surface area contributed by atoms with Gasteiger partial charge in [0, 0.05) is 26.3 Å². The fourth-order valence-electron chi connectivity index (χ4n) is 4.90. The van der Waals surface area contributed by atoms with Crippen LogP contribution in [0.4, 0.5) is 16.4 Å². The minimum Gasteiger partial charge on any atom is -0.465 e. The van der Waals surface area contributed by atoms with Crippen molar-refractivity contribution in [3.63, 3.8) is 0 Å². The van der Waals surface area contributed by atoms with E-state index >= 15 is 0 Å².